The van der Waals surface area contributed by atoms with E-state index in [4.69, 9.17) is 4.74 Å². The van der Waals surface area contributed by atoms with Gasteiger partial charge in [-0.3, -0.25) is 10.1 Å². The topological polar surface area (TPSA) is 84.6 Å². The molecule has 0 amide bonds. The highest BCUT2D eigenvalue weighted by Crippen LogP contribution is 2.36. The van der Waals surface area contributed by atoms with E-state index in [-0.39, 0.29) is 17.2 Å². The molecule has 0 radical (unpaired) electrons. The van der Waals surface area contributed by atoms with Crippen LogP contribution in [0.2, 0.25) is 0 Å². The first-order chi connectivity index (χ1) is 10.5. The lowest BCUT2D eigenvalue weighted by molar-refractivity contribution is -0.384. The number of hydrogen-bond acceptors (Lipinski definition) is 5. The van der Waals surface area contributed by atoms with Crippen LogP contribution in [-0.2, 0) is 11.3 Å². The first kappa shape index (κ1) is 16.7. The number of nitro groups is 1. The summed E-state index contributed by atoms with van der Waals surface area (Å²) in [5.74, 6) is 0. The fraction of sp³-hybridized carbons (Fsp3) is 0.625. The molecule has 1 aromatic carbocycles. The summed E-state index contributed by atoms with van der Waals surface area (Å²) in [5, 5.41) is 24.5. The highest BCUT2D eigenvalue weighted by molar-refractivity contribution is 5.56. The van der Waals surface area contributed by atoms with E-state index in [1.807, 2.05) is 0 Å². The monoisotopic (exact) mass is 308 g/mol. The minimum absolute atomic E-state index is 0.0570. The molecule has 2 atom stereocenters. The van der Waals surface area contributed by atoms with E-state index in [2.05, 4.69) is 12.2 Å². The maximum absolute atomic E-state index is 10.9. The second kappa shape index (κ2) is 7.07. The molecule has 6 heteroatoms. The van der Waals surface area contributed by atoms with Crippen LogP contribution in [0.15, 0.2) is 18.2 Å². The van der Waals surface area contributed by atoms with Crippen LogP contribution in [0.1, 0.15) is 38.2 Å². The van der Waals surface area contributed by atoms with Gasteiger partial charge in [-0.15, -0.1) is 0 Å². The molecule has 0 bridgehead atoms. The lowest BCUT2D eigenvalue weighted by Crippen LogP contribution is -2.41. The Kier molecular flexibility index (Phi) is 5.37. The lowest BCUT2D eigenvalue weighted by Gasteiger charge is -2.39. The molecule has 1 aliphatic carbocycles. The van der Waals surface area contributed by atoms with Gasteiger partial charge in [0.15, 0.2) is 0 Å². The zero-order valence-electron chi connectivity index (χ0n) is 13.2. The van der Waals surface area contributed by atoms with Gasteiger partial charge in [0.2, 0.25) is 0 Å². The van der Waals surface area contributed by atoms with E-state index in [0.717, 1.165) is 36.9 Å². The number of ether oxygens (including phenoxy) is 1. The zero-order chi connectivity index (χ0) is 16.2. The Bertz CT molecular complexity index is 535. The SMILES string of the molecule is COCc1cc([N+](=O)[O-])ccc1NCC1(C)CCCCC1O. The minimum Gasteiger partial charge on any atom is -0.392 e. The van der Waals surface area contributed by atoms with Crippen LogP contribution in [0.4, 0.5) is 11.4 Å². The molecular weight excluding hydrogens is 284 g/mol. The molecule has 0 saturated heterocycles. The van der Waals surface area contributed by atoms with Gasteiger partial charge < -0.3 is 15.2 Å². The largest absolute Gasteiger partial charge is 0.392 e. The number of nitro benzene ring substituents is 1. The smallest absolute Gasteiger partial charge is 0.269 e. The summed E-state index contributed by atoms with van der Waals surface area (Å²) < 4.78 is 5.13. The number of anilines is 1. The molecule has 0 aliphatic heterocycles. The fourth-order valence-electron chi connectivity index (χ4n) is 3.03. The highest BCUT2D eigenvalue weighted by atomic mass is 16.6. The summed E-state index contributed by atoms with van der Waals surface area (Å²) in [6.07, 6.45) is 3.71. The van der Waals surface area contributed by atoms with E-state index in [1.54, 1.807) is 13.2 Å². The second-order valence-electron chi connectivity index (χ2n) is 6.30. The Balaban J connectivity index is 2.13. The van der Waals surface area contributed by atoms with E-state index in [0.29, 0.717) is 13.2 Å². The van der Waals surface area contributed by atoms with Crippen LogP contribution < -0.4 is 5.32 Å². The lowest BCUT2D eigenvalue weighted by atomic mass is 9.73. The Hall–Kier alpha value is -1.66. The van der Waals surface area contributed by atoms with Crippen molar-refractivity contribution in [3.63, 3.8) is 0 Å². The third kappa shape index (κ3) is 3.75. The van der Waals surface area contributed by atoms with Crippen molar-refractivity contribution in [3.05, 3.63) is 33.9 Å². The molecule has 1 saturated carbocycles. The summed E-state index contributed by atoms with van der Waals surface area (Å²) in [7, 11) is 1.56. The van der Waals surface area contributed by atoms with Crippen molar-refractivity contribution >= 4 is 11.4 Å². The van der Waals surface area contributed by atoms with Crippen LogP contribution in [0.3, 0.4) is 0 Å². The van der Waals surface area contributed by atoms with Gasteiger partial charge in [0.1, 0.15) is 0 Å². The van der Waals surface area contributed by atoms with Gasteiger partial charge in [-0.25, -0.2) is 0 Å². The van der Waals surface area contributed by atoms with Gasteiger partial charge in [0.25, 0.3) is 5.69 Å². The number of methoxy groups -OCH3 is 1. The van der Waals surface area contributed by atoms with Gasteiger partial charge in [-0.05, 0) is 18.9 Å². The number of aliphatic hydroxyl groups excluding tert-OH is 1. The predicted octanol–water partition coefficient (Wildman–Crippen LogP) is 3.09. The molecule has 0 heterocycles. The number of non-ortho nitro benzene ring substituents is 1. The molecular formula is C16H24N2O4. The van der Waals surface area contributed by atoms with E-state index in [9.17, 15) is 15.2 Å². The first-order valence-corrected chi connectivity index (χ1v) is 7.64. The number of nitrogens with zero attached hydrogens (tertiary/aromatic N) is 1. The Morgan fingerprint density at radius 3 is 2.91 bits per heavy atom. The van der Waals surface area contributed by atoms with Gasteiger partial charge >= 0.3 is 0 Å². The Morgan fingerprint density at radius 1 is 1.50 bits per heavy atom. The van der Waals surface area contributed by atoms with Gasteiger partial charge in [0, 0.05) is 42.5 Å². The molecule has 6 nitrogen and oxygen atoms in total. The predicted molar refractivity (Wildman–Crippen MR) is 84.9 cm³/mol. The van der Waals surface area contributed by atoms with Crippen LogP contribution in [-0.4, -0.2) is 29.8 Å². The number of hydrogen-bond donors (Lipinski definition) is 2. The van der Waals surface area contributed by atoms with Crippen molar-refractivity contribution in [2.24, 2.45) is 5.41 Å². The quantitative estimate of drug-likeness (QED) is 0.623. The highest BCUT2D eigenvalue weighted by Gasteiger charge is 2.35. The van der Waals surface area contributed by atoms with Gasteiger partial charge in [-0.2, -0.15) is 0 Å². The minimum atomic E-state index is -0.408. The number of aliphatic hydroxyl groups is 1. The van der Waals surface area contributed by atoms with Crippen molar-refractivity contribution in [3.8, 4) is 0 Å². The van der Waals surface area contributed by atoms with Crippen LogP contribution >= 0.6 is 0 Å². The molecule has 0 aromatic heterocycles. The molecule has 1 aliphatic rings. The summed E-state index contributed by atoms with van der Waals surface area (Å²) in [6, 6.07) is 4.73. The van der Waals surface area contributed by atoms with Crippen molar-refractivity contribution in [1.29, 1.82) is 0 Å². The maximum atomic E-state index is 10.9. The Labute approximate surface area is 130 Å². The zero-order valence-corrected chi connectivity index (χ0v) is 13.2. The van der Waals surface area contributed by atoms with Gasteiger partial charge in [-0.1, -0.05) is 19.8 Å². The fourth-order valence-corrected chi connectivity index (χ4v) is 3.03. The van der Waals surface area contributed by atoms with Crippen molar-refractivity contribution in [2.75, 3.05) is 19.0 Å². The molecule has 2 unspecified atom stereocenters. The number of nitrogens with one attached hydrogen (secondary N) is 1. The molecule has 0 spiro atoms. The Morgan fingerprint density at radius 2 is 2.27 bits per heavy atom. The number of rotatable bonds is 6. The third-order valence-electron chi connectivity index (χ3n) is 4.56. The molecule has 122 valence electrons. The summed E-state index contributed by atoms with van der Waals surface area (Å²) in [5.41, 5.74) is 1.48. The van der Waals surface area contributed by atoms with E-state index < -0.39 is 4.92 Å². The molecule has 1 fully saturated rings. The first-order valence-electron chi connectivity index (χ1n) is 7.64. The third-order valence-corrected chi connectivity index (χ3v) is 4.56. The van der Waals surface area contributed by atoms with Crippen LogP contribution in [0.5, 0.6) is 0 Å². The average molecular weight is 308 g/mol. The summed E-state index contributed by atoms with van der Waals surface area (Å²) >= 11 is 0. The summed E-state index contributed by atoms with van der Waals surface area (Å²) in [4.78, 5) is 10.5. The van der Waals surface area contributed by atoms with E-state index in [1.165, 1.54) is 12.1 Å². The maximum Gasteiger partial charge on any atom is 0.269 e. The van der Waals surface area contributed by atoms with E-state index >= 15 is 0 Å². The molecule has 2 N–H and O–H groups in total. The normalized spacial score (nSPS) is 25.0. The molecule has 1 aromatic rings. The van der Waals surface area contributed by atoms with Crippen LogP contribution in [0.25, 0.3) is 0 Å². The van der Waals surface area contributed by atoms with Crippen molar-refractivity contribution in [2.45, 2.75) is 45.3 Å². The van der Waals surface area contributed by atoms with Crippen molar-refractivity contribution in [1.82, 2.24) is 0 Å². The number of benzene rings is 1. The average Bonchev–Trinajstić information content (AvgIpc) is 2.49. The van der Waals surface area contributed by atoms with Gasteiger partial charge in [0.05, 0.1) is 17.6 Å². The standard InChI is InChI=1S/C16H24N2O4/c1-16(8-4-3-5-15(16)19)11-17-14-7-6-13(18(20)21)9-12(14)10-22-2/h6-7,9,15,17,19H,3-5,8,10-11H2,1-2H3. The van der Waals surface area contributed by atoms with Crippen LogP contribution in [0, 0.1) is 15.5 Å². The molecule has 2 rings (SSSR count). The second-order valence-corrected chi connectivity index (χ2v) is 6.30. The van der Waals surface area contributed by atoms with Crippen molar-refractivity contribution < 1.29 is 14.8 Å². The summed E-state index contributed by atoms with van der Waals surface area (Å²) in [6.45, 7) is 3.04. The molecule has 22 heavy (non-hydrogen) atoms.